The van der Waals surface area contributed by atoms with Gasteiger partial charge in [-0.25, -0.2) is 4.39 Å². The maximum absolute atomic E-state index is 13.6. The molecule has 1 atom stereocenters. The average Bonchev–Trinajstić information content (AvgIpc) is 2.85. The minimum Gasteiger partial charge on any atom is -0.324 e. The van der Waals surface area contributed by atoms with E-state index in [0.29, 0.717) is 5.56 Å². The SMILES string of the molecule is Cc1ccc(C(N)Cc2csc3ccccc23)cc1F. The highest BCUT2D eigenvalue weighted by atomic mass is 32.1. The summed E-state index contributed by atoms with van der Waals surface area (Å²) < 4.78 is 14.9. The Morgan fingerprint density at radius 1 is 1.20 bits per heavy atom. The molecule has 0 fully saturated rings. The quantitative estimate of drug-likeness (QED) is 0.748. The fourth-order valence-corrected chi connectivity index (χ4v) is 3.36. The summed E-state index contributed by atoms with van der Waals surface area (Å²) in [5, 5.41) is 3.40. The van der Waals surface area contributed by atoms with Crippen LogP contribution < -0.4 is 5.73 Å². The average molecular weight is 285 g/mol. The summed E-state index contributed by atoms with van der Waals surface area (Å²) in [4.78, 5) is 0. The number of rotatable bonds is 3. The molecule has 2 N–H and O–H groups in total. The van der Waals surface area contributed by atoms with Gasteiger partial charge < -0.3 is 5.73 Å². The molecule has 3 aromatic rings. The third kappa shape index (κ3) is 2.47. The smallest absolute Gasteiger partial charge is 0.126 e. The van der Waals surface area contributed by atoms with Gasteiger partial charge in [-0.2, -0.15) is 0 Å². The van der Waals surface area contributed by atoms with Crippen molar-refractivity contribution in [2.45, 2.75) is 19.4 Å². The second-order valence-electron chi connectivity index (χ2n) is 5.08. The fraction of sp³-hybridized carbons (Fsp3) is 0.176. The monoisotopic (exact) mass is 285 g/mol. The Hall–Kier alpha value is -1.71. The Bertz CT molecular complexity index is 748. The Balaban J connectivity index is 1.88. The Morgan fingerprint density at radius 2 is 2.00 bits per heavy atom. The van der Waals surface area contributed by atoms with Crippen LogP contribution in [0.2, 0.25) is 0 Å². The molecule has 20 heavy (non-hydrogen) atoms. The standard InChI is InChI=1S/C17H16FNS/c1-11-6-7-12(8-15(11)18)16(19)9-13-10-20-17-5-3-2-4-14(13)17/h2-8,10,16H,9,19H2,1H3. The molecule has 3 rings (SSSR count). The van der Waals surface area contributed by atoms with Gasteiger partial charge in [0, 0.05) is 10.7 Å². The maximum Gasteiger partial charge on any atom is 0.126 e. The van der Waals surface area contributed by atoms with Crippen LogP contribution in [0.1, 0.15) is 22.7 Å². The van der Waals surface area contributed by atoms with Crippen molar-refractivity contribution >= 4 is 21.4 Å². The third-order valence-electron chi connectivity index (χ3n) is 3.63. The van der Waals surface area contributed by atoms with E-state index >= 15 is 0 Å². The topological polar surface area (TPSA) is 26.0 Å². The van der Waals surface area contributed by atoms with Crippen LogP contribution in [0.4, 0.5) is 4.39 Å². The molecule has 1 aromatic heterocycles. The summed E-state index contributed by atoms with van der Waals surface area (Å²) in [6.45, 7) is 1.76. The zero-order valence-electron chi connectivity index (χ0n) is 11.3. The molecule has 0 bridgehead atoms. The van der Waals surface area contributed by atoms with E-state index in [0.717, 1.165) is 12.0 Å². The lowest BCUT2D eigenvalue weighted by Crippen LogP contribution is -2.13. The lowest BCUT2D eigenvalue weighted by Gasteiger charge is -2.12. The summed E-state index contributed by atoms with van der Waals surface area (Å²) in [6, 6.07) is 13.4. The van der Waals surface area contributed by atoms with Gasteiger partial charge in [0.15, 0.2) is 0 Å². The summed E-state index contributed by atoms with van der Waals surface area (Å²) in [5.74, 6) is -0.187. The molecule has 0 aliphatic rings. The van der Waals surface area contributed by atoms with Crippen LogP contribution in [0.25, 0.3) is 10.1 Å². The number of nitrogens with two attached hydrogens (primary N) is 1. The number of hydrogen-bond donors (Lipinski definition) is 1. The number of benzene rings is 2. The lowest BCUT2D eigenvalue weighted by molar-refractivity contribution is 0.610. The number of aryl methyl sites for hydroxylation is 1. The van der Waals surface area contributed by atoms with Gasteiger partial charge in [0.25, 0.3) is 0 Å². The first kappa shape index (κ1) is 13.3. The molecule has 0 amide bonds. The highest BCUT2D eigenvalue weighted by Gasteiger charge is 2.12. The summed E-state index contributed by atoms with van der Waals surface area (Å²) in [7, 11) is 0. The number of fused-ring (bicyclic) bond motifs is 1. The molecule has 0 saturated carbocycles. The molecule has 0 radical (unpaired) electrons. The van der Waals surface area contributed by atoms with Crippen molar-refractivity contribution in [3.05, 3.63) is 70.4 Å². The molecule has 3 heteroatoms. The van der Waals surface area contributed by atoms with Gasteiger partial charge in [0.2, 0.25) is 0 Å². The summed E-state index contributed by atoms with van der Waals surface area (Å²) in [5.41, 5.74) is 8.97. The van der Waals surface area contributed by atoms with Crippen LogP contribution in [0.3, 0.4) is 0 Å². The second kappa shape index (κ2) is 5.35. The van der Waals surface area contributed by atoms with Crippen LogP contribution in [0.5, 0.6) is 0 Å². The van der Waals surface area contributed by atoms with E-state index in [9.17, 15) is 4.39 Å². The van der Waals surface area contributed by atoms with Crippen LogP contribution in [0, 0.1) is 12.7 Å². The van der Waals surface area contributed by atoms with Gasteiger partial charge in [-0.3, -0.25) is 0 Å². The van der Waals surface area contributed by atoms with E-state index in [-0.39, 0.29) is 11.9 Å². The van der Waals surface area contributed by atoms with E-state index in [1.165, 1.54) is 15.6 Å². The largest absolute Gasteiger partial charge is 0.324 e. The van der Waals surface area contributed by atoms with Gasteiger partial charge in [-0.05, 0) is 52.9 Å². The van der Waals surface area contributed by atoms with E-state index in [1.54, 1.807) is 30.4 Å². The molecule has 1 heterocycles. The number of halogens is 1. The summed E-state index contributed by atoms with van der Waals surface area (Å²) in [6.07, 6.45) is 0.729. The Kier molecular flexibility index (Phi) is 3.55. The van der Waals surface area contributed by atoms with Crippen LogP contribution in [-0.2, 0) is 6.42 Å². The van der Waals surface area contributed by atoms with Crippen molar-refractivity contribution in [1.29, 1.82) is 0 Å². The molecule has 2 aromatic carbocycles. The van der Waals surface area contributed by atoms with Crippen LogP contribution in [0.15, 0.2) is 47.8 Å². The first-order valence-corrected chi connectivity index (χ1v) is 7.50. The zero-order chi connectivity index (χ0) is 14.1. The molecule has 0 spiro atoms. The molecule has 1 unspecified atom stereocenters. The molecule has 0 aliphatic carbocycles. The van der Waals surface area contributed by atoms with Gasteiger partial charge in [-0.15, -0.1) is 11.3 Å². The van der Waals surface area contributed by atoms with Gasteiger partial charge in [0.05, 0.1) is 0 Å². The first-order valence-electron chi connectivity index (χ1n) is 6.62. The van der Waals surface area contributed by atoms with E-state index in [4.69, 9.17) is 5.73 Å². The number of thiophene rings is 1. The van der Waals surface area contributed by atoms with Crippen LogP contribution >= 0.6 is 11.3 Å². The van der Waals surface area contributed by atoms with Crippen molar-refractivity contribution in [2.75, 3.05) is 0 Å². The fourth-order valence-electron chi connectivity index (χ4n) is 2.39. The Labute approximate surface area is 121 Å². The van der Waals surface area contributed by atoms with Gasteiger partial charge in [0.1, 0.15) is 5.82 Å². The molecular formula is C17H16FNS. The van der Waals surface area contributed by atoms with E-state index in [1.807, 2.05) is 18.2 Å². The van der Waals surface area contributed by atoms with Crippen molar-refractivity contribution in [1.82, 2.24) is 0 Å². The van der Waals surface area contributed by atoms with Crippen molar-refractivity contribution < 1.29 is 4.39 Å². The van der Waals surface area contributed by atoms with Gasteiger partial charge >= 0.3 is 0 Å². The molecular weight excluding hydrogens is 269 g/mol. The van der Waals surface area contributed by atoms with Crippen molar-refractivity contribution in [3.63, 3.8) is 0 Å². The maximum atomic E-state index is 13.6. The van der Waals surface area contributed by atoms with E-state index in [2.05, 4.69) is 17.5 Å². The Morgan fingerprint density at radius 3 is 2.80 bits per heavy atom. The molecule has 1 nitrogen and oxygen atoms in total. The van der Waals surface area contributed by atoms with Crippen molar-refractivity contribution in [3.8, 4) is 0 Å². The van der Waals surface area contributed by atoms with Crippen LogP contribution in [-0.4, -0.2) is 0 Å². The predicted molar refractivity (Wildman–Crippen MR) is 83.6 cm³/mol. The molecule has 102 valence electrons. The molecule has 0 aliphatic heterocycles. The van der Waals surface area contributed by atoms with Crippen molar-refractivity contribution in [2.24, 2.45) is 5.73 Å². The number of hydrogen-bond acceptors (Lipinski definition) is 2. The third-order valence-corrected chi connectivity index (χ3v) is 4.64. The summed E-state index contributed by atoms with van der Waals surface area (Å²) >= 11 is 1.73. The minimum atomic E-state index is -0.187. The highest BCUT2D eigenvalue weighted by Crippen LogP contribution is 2.29. The lowest BCUT2D eigenvalue weighted by atomic mass is 9.98. The highest BCUT2D eigenvalue weighted by molar-refractivity contribution is 7.17. The first-order chi connectivity index (χ1) is 9.65. The molecule has 0 saturated heterocycles. The predicted octanol–water partition coefficient (Wildman–Crippen LogP) is 4.59. The minimum absolute atomic E-state index is 0.178. The van der Waals surface area contributed by atoms with Gasteiger partial charge in [-0.1, -0.05) is 30.3 Å². The van der Waals surface area contributed by atoms with E-state index < -0.39 is 0 Å². The second-order valence-corrected chi connectivity index (χ2v) is 5.99. The normalized spacial score (nSPS) is 12.8. The zero-order valence-corrected chi connectivity index (χ0v) is 12.1.